The molecule has 1 aliphatic rings. The first kappa shape index (κ1) is 18.3. The summed E-state index contributed by atoms with van der Waals surface area (Å²) in [4.78, 5) is 18.4. The van der Waals surface area contributed by atoms with Crippen molar-refractivity contribution < 1.29 is 9.53 Å². The van der Waals surface area contributed by atoms with Gasteiger partial charge in [0.15, 0.2) is 5.13 Å². The first-order valence-electron chi connectivity index (χ1n) is 8.30. The Morgan fingerprint density at radius 1 is 1.44 bits per heavy atom. The zero-order valence-electron chi connectivity index (χ0n) is 14.4. The number of nitrogens with zero attached hydrogens (tertiary/aromatic N) is 1. The highest BCUT2D eigenvalue weighted by Crippen LogP contribution is 2.29. The number of methoxy groups -OCH3 is 1. The van der Waals surface area contributed by atoms with Crippen molar-refractivity contribution in [2.75, 3.05) is 25.5 Å². The number of anilines is 1. The van der Waals surface area contributed by atoms with Crippen LogP contribution in [0.15, 0.2) is 24.3 Å². The maximum absolute atomic E-state index is 12.7. The highest BCUT2D eigenvalue weighted by atomic mass is 35.5. The quantitative estimate of drug-likeness (QED) is 0.835. The molecule has 25 heavy (non-hydrogen) atoms. The van der Waals surface area contributed by atoms with Crippen LogP contribution in [0.25, 0.3) is 0 Å². The van der Waals surface area contributed by atoms with E-state index < -0.39 is 5.60 Å². The largest absolute Gasteiger partial charge is 0.368 e. The second-order valence-electron chi connectivity index (χ2n) is 6.24. The first-order valence-corrected chi connectivity index (χ1v) is 9.50. The number of rotatable bonds is 5. The van der Waals surface area contributed by atoms with Crippen LogP contribution in [-0.2, 0) is 16.0 Å². The van der Waals surface area contributed by atoms with Crippen molar-refractivity contribution in [2.24, 2.45) is 0 Å². The number of hydrogen-bond acceptors (Lipinski definition) is 5. The van der Waals surface area contributed by atoms with E-state index in [1.807, 2.05) is 31.2 Å². The van der Waals surface area contributed by atoms with Gasteiger partial charge in [0.1, 0.15) is 5.60 Å². The summed E-state index contributed by atoms with van der Waals surface area (Å²) in [5.74, 6) is -0.112. The standard InChI is InChI=1S/C18H22ClN3O2S/c1-12-15(11-13-4-3-5-14(19)10-13)25-17(21-12)22-16(23)18(24-2)6-8-20-9-7-18/h3-5,10,20H,6-9,11H2,1-2H3,(H,21,22,23). The number of aromatic nitrogens is 1. The number of amides is 1. The Kier molecular flexibility index (Phi) is 5.74. The van der Waals surface area contributed by atoms with E-state index in [4.69, 9.17) is 16.3 Å². The average Bonchev–Trinajstić information content (AvgIpc) is 2.94. The van der Waals surface area contributed by atoms with Gasteiger partial charge in [-0.05, 0) is 50.6 Å². The Bertz CT molecular complexity index is 757. The minimum absolute atomic E-state index is 0.112. The van der Waals surface area contributed by atoms with Gasteiger partial charge in [-0.1, -0.05) is 23.7 Å². The smallest absolute Gasteiger partial charge is 0.258 e. The van der Waals surface area contributed by atoms with Gasteiger partial charge in [0.2, 0.25) is 0 Å². The Labute approximate surface area is 156 Å². The van der Waals surface area contributed by atoms with Gasteiger partial charge >= 0.3 is 0 Å². The molecule has 0 bridgehead atoms. The Hall–Kier alpha value is -1.47. The molecular formula is C18H22ClN3O2S. The Morgan fingerprint density at radius 3 is 2.88 bits per heavy atom. The van der Waals surface area contributed by atoms with E-state index in [1.165, 1.54) is 11.3 Å². The summed E-state index contributed by atoms with van der Waals surface area (Å²) < 4.78 is 5.57. The summed E-state index contributed by atoms with van der Waals surface area (Å²) in [6, 6.07) is 7.79. The molecule has 0 saturated carbocycles. The summed E-state index contributed by atoms with van der Waals surface area (Å²) in [5.41, 5.74) is 1.29. The van der Waals surface area contributed by atoms with Gasteiger partial charge in [0.05, 0.1) is 5.69 Å². The molecule has 1 amide bonds. The van der Waals surface area contributed by atoms with E-state index in [0.717, 1.165) is 40.7 Å². The van der Waals surface area contributed by atoms with Gasteiger partial charge in [0, 0.05) is 23.4 Å². The van der Waals surface area contributed by atoms with E-state index in [9.17, 15) is 4.79 Å². The molecule has 5 nitrogen and oxygen atoms in total. The van der Waals surface area contributed by atoms with Crippen LogP contribution in [-0.4, -0.2) is 36.7 Å². The monoisotopic (exact) mass is 379 g/mol. The summed E-state index contributed by atoms with van der Waals surface area (Å²) in [6.07, 6.45) is 2.07. The van der Waals surface area contributed by atoms with E-state index in [0.29, 0.717) is 18.0 Å². The molecule has 0 aliphatic carbocycles. The molecular weight excluding hydrogens is 358 g/mol. The van der Waals surface area contributed by atoms with Crippen LogP contribution >= 0.6 is 22.9 Å². The number of ether oxygens (including phenoxy) is 1. The molecule has 0 radical (unpaired) electrons. The number of benzene rings is 1. The van der Waals surface area contributed by atoms with E-state index >= 15 is 0 Å². The maximum Gasteiger partial charge on any atom is 0.258 e. The number of halogens is 1. The normalized spacial score (nSPS) is 16.6. The first-order chi connectivity index (χ1) is 12.0. The van der Waals surface area contributed by atoms with Gasteiger partial charge in [-0.15, -0.1) is 11.3 Å². The predicted molar refractivity (Wildman–Crippen MR) is 102 cm³/mol. The van der Waals surface area contributed by atoms with Crippen molar-refractivity contribution >= 4 is 34.0 Å². The number of aryl methyl sites for hydroxylation is 1. The van der Waals surface area contributed by atoms with Crippen LogP contribution in [0.1, 0.15) is 29.0 Å². The molecule has 1 fully saturated rings. The lowest BCUT2D eigenvalue weighted by Crippen LogP contribution is -2.51. The minimum Gasteiger partial charge on any atom is -0.368 e. The van der Waals surface area contributed by atoms with E-state index in [-0.39, 0.29) is 5.91 Å². The zero-order chi connectivity index (χ0) is 17.9. The van der Waals surface area contributed by atoms with Crippen molar-refractivity contribution in [1.29, 1.82) is 0 Å². The summed E-state index contributed by atoms with van der Waals surface area (Å²) in [6.45, 7) is 3.51. The average molecular weight is 380 g/mol. The highest BCUT2D eigenvalue weighted by Gasteiger charge is 2.40. The van der Waals surface area contributed by atoms with Crippen LogP contribution in [0.4, 0.5) is 5.13 Å². The summed E-state index contributed by atoms with van der Waals surface area (Å²) in [5, 5.41) is 7.55. The predicted octanol–water partition coefficient (Wildman–Crippen LogP) is 3.40. The van der Waals surface area contributed by atoms with Gasteiger partial charge in [-0.2, -0.15) is 0 Å². The molecule has 1 aliphatic heterocycles. The Morgan fingerprint density at radius 2 is 2.20 bits per heavy atom. The van der Waals surface area contributed by atoms with Gasteiger partial charge in [-0.3, -0.25) is 10.1 Å². The van der Waals surface area contributed by atoms with Gasteiger partial charge in [-0.25, -0.2) is 4.98 Å². The summed E-state index contributed by atoms with van der Waals surface area (Å²) >= 11 is 7.56. The van der Waals surface area contributed by atoms with Crippen molar-refractivity contribution in [3.63, 3.8) is 0 Å². The fraction of sp³-hybridized carbons (Fsp3) is 0.444. The molecule has 3 rings (SSSR count). The lowest BCUT2D eigenvalue weighted by molar-refractivity contribution is -0.140. The van der Waals surface area contributed by atoms with Crippen LogP contribution in [0.5, 0.6) is 0 Å². The molecule has 2 N–H and O–H groups in total. The SMILES string of the molecule is COC1(C(=O)Nc2nc(C)c(Cc3cccc(Cl)c3)s2)CCNCC1. The molecule has 1 aromatic carbocycles. The molecule has 0 unspecified atom stereocenters. The third-order valence-corrected chi connectivity index (χ3v) is 5.89. The molecule has 0 spiro atoms. The van der Waals surface area contributed by atoms with Crippen molar-refractivity contribution in [3.8, 4) is 0 Å². The lowest BCUT2D eigenvalue weighted by atomic mass is 9.91. The number of carbonyl (C=O) groups excluding carboxylic acids is 1. The highest BCUT2D eigenvalue weighted by molar-refractivity contribution is 7.15. The topological polar surface area (TPSA) is 63.2 Å². The second kappa shape index (κ2) is 7.83. The van der Waals surface area contributed by atoms with Crippen molar-refractivity contribution in [2.45, 2.75) is 31.8 Å². The number of thiazole rings is 1. The maximum atomic E-state index is 12.7. The number of nitrogens with one attached hydrogen (secondary N) is 2. The number of hydrogen-bond donors (Lipinski definition) is 2. The molecule has 2 heterocycles. The lowest BCUT2D eigenvalue weighted by Gasteiger charge is -2.34. The van der Waals surface area contributed by atoms with Crippen molar-refractivity contribution in [3.05, 3.63) is 45.4 Å². The second-order valence-corrected chi connectivity index (χ2v) is 7.76. The van der Waals surface area contributed by atoms with Gasteiger partial charge in [0.25, 0.3) is 5.91 Å². The molecule has 1 aromatic heterocycles. The molecule has 0 atom stereocenters. The number of piperidine rings is 1. The number of carbonyl (C=O) groups is 1. The third kappa shape index (κ3) is 4.20. The minimum atomic E-state index is -0.766. The fourth-order valence-electron chi connectivity index (χ4n) is 3.04. The molecule has 2 aromatic rings. The molecule has 1 saturated heterocycles. The third-order valence-electron chi connectivity index (χ3n) is 4.58. The molecule has 134 valence electrons. The van der Waals surface area contributed by atoms with Gasteiger partial charge < -0.3 is 10.1 Å². The van der Waals surface area contributed by atoms with Crippen LogP contribution in [0, 0.1) is 6.92 Å². The fourth-order valence-corrected chi connectivity index (χ4v) is 4.25. The van der Waals surface area contributed by atoms with Crippen molar-refractivity contribution in [1.82, 2.24) is 10.3 Å². The Balaban J connectivity index is 1.72. The van der Waals surface area contributed by atoms with Crippen LogP contribution in [0.3, 0.4) is 0 Å². The molecule has 7 heteroatoms. The van der Waals surface area contributed by atoms with E-state index in [2.05, 4.69) is 15.6 Å². The van der Waals surface area contributed by atoms with Crippen LogP contribution in [0.2, 0.25) is 5.02 Å². The zero-order valence-corrected chi connectivity index (χ0v) is 16.0. The van der Waals surface area contributed by atoms with Crippen LogP contribution < -0.4 is 10.6 Å². The summed E-state index contributed by atoms with van der Waals surface area (Å²) in [7, 11) is 1.60. The van der Waals surface area contributed by atoms with E-state index in [1.54, 1.807) is 7.11 Å².